The summed E-state index contributed by atoms with van der Waals surface area (Å²) < 4.78 is 7.35. The van der Waals surface area contributed by atoms with Gasteiger partial charge < -0.3 is 10.1 Å². The Morgan fingerprint density at radius 1 is 1.03 bits per heavy atom. The minimum Gasteiger partial charge on any atom is -0.424 e. The molecule has 0 saturated heterocycles. The third-order valence-corrected chi connectivity index (χ3v) is 4.78. The Balaban J connectivity index is 1.52. The maximum atomic E-state index is 13.0. The molecule has 0 unspecified atom stereocenters. The molecular weight excluding hydrogens is 414 g/mol. The Hall–Kier alpha value is -3.71. The van der Waals surface area contributed by atoms with Gasteiger partial charge >= 0.3 is 6.01 Å². The van der Waals surface area contributed by atoms with Crippen LogP contribution in [0.3, 0.4) is 0 Å². The standard InChI is InChI=1S/C23H20ClN5O2/c1-15(2)21-20(14-27-29(21)18-8-4-16(24)5-9-18)22(30)28-17-6-10-19(11-7-17)31-23-25-12-3-13-26-23/h3-15H,1-2H3,(H,28,30). The molecule has 1 N–H and O–H groups in total. The zero-order chi connectivity index (χ0) is 21.8. The quantitative estimate of drug-likeness (QED) is 0.435. The summed E-state index contributed by atoms with van der Waals surface area (Å²) in [6.45, 7) is 4.05. The highest BCUT2D eigenvalue weighted by molar-refractivity contribution is 6.30. The van der Waals surface area contributed by atoms with Crippen molar-refractivity contribution in [2.45, 2.75) is 19.8 Å². The molecule has 8 heteroatoms. The summed E-state index contributed by atoms with van der Waals surface area (Å²) in [7, 11) is 0. The molecule has 0 aliphatic heterocycles. The van der Waals surface area contributed by atoms with Gasteiger partial charge in [0.25, 0.3) is 5.91 Å². The van der Waals surface area contributed by atoms with Crippen molar-refractivity contribution in [3.63, 3.8) is 0 Å². The second-order valence-electron chi connectivity index (χ2n) is 7.10. The number of nitrogens with one attached hydrogen (secondary N) is 1. The smallest absolute Gasteiger partial charge is 0.321 e. The summed E-state index contributed by atoms with van der Waals surface area (Å²) in [5.74, 6) is 0.423. The van der Waals surface area contributed by atoms with Gasteiger partial charge in [0, 0.05) is 23.1 Å². The van der Waals surface area contributed by atoms with Crippen molar-refractivity contribution in [1.29, 1.82) is 0 Å². The van der Waals surface area contributed by atoms with E-state index in [4.69, 9.17) is 16.3 Å². The molecule has 0 aliphatic rings. The molecular formula is C23H20ClN5O2. The lowest BCUT2D eigenvalue weighted by Crippen LogP contribution is -2.15. The average molecular weight is 434 g/mol. The molecule has 156 valence electrons. The number of nitrogens with zero attached hydrogens (tertiary/aromatic N) is 4. The molecule has 2 aromatic heterocycles. The Morgan fingerprint density at radius 2 is 1.71 bits per heavy atom. The van der Waals surface area contributed by atoms with Crippen molar-refractivity contribution < 1.29 is 9.53 Å². The van der Waals surface area contributed by atoms with Crippen LogP contribution in [0.25, 0.3) is 5.69 Å². The normalized spacial score (nSPS) is 10.8. The molecule has 0 radical (unpaired) electrons. The predicted octanol–water partition coefficient (Wildman–Crippen LogP) is 5.48. The molecule has 31 heavy (non-hydrogen) atoms. The number of anilines is 1. The number of carbonyl (C=O) groups is 1. The molecule has 4 rings (SSSR count). The summed E-state index contributed by atoms with van der Waals surface area (Å²) in [5, 5.41) is 8.00. The van der Waals surface area contributed by atoms with Gasteiger partial charge in [0.05, 0.1) is 23.1 Å². The first-order valence-electron chi connectivity index (χ1n) is 9.71. The van der Waals surface area contributed by atoms with Crippen LogP contribution in [0.4, 0.5) is 5.69 Å². The molecule has 2 heterocycles. The third kappa shape index (κ3) is 4.73. The average Bonchev–Trinajstić information content (AvgIpc) is 3.22. The fourth-order valence-corrected chi connectivity index (χ4v) is 3.25. The second-order valence-corrected chi connectivity index (χ2v) is 7.53. The first kappa shape index (κ1) is 20.6. The van der Waals surface area contributed by atoms with Gasteiger partial charge in [0.15, 0.2) is 0 Å². The highest BCUT2D eigenvalue weighted by atomic mass is 35.5. The van der Waals surface area contributed by atoms with Crippen LogP contribution < -0.4 is 10.1 Å². The number of halogens is 1. The van der Waals surface area contributed by atoms with Crippen molar-refractivity contribution >= 4 is 23.2 Å². The monoisotopic (exact) mass is 433 g/mol. The highest BCUT2D eigenvalue weighted by Crippen LogP contribution is 2.25. The van der Waals surface area contributed by atoms with E-state index < -0.39 is 0 Å². The van der Waals surface area contributed by atoms with Gasteiger partial charge in [-0.1, -0.05) is 25.4 Å². The minimum absolute atomic E-state index is 0.0839. The van der Waals surface area contributed by atoms with E-state index in [0.717, 1.165) is 11.4 Å². The van der Waals surface area contributed by atoms with E-state index in [1.165, 1.54) is 0 Å². The maximum absolute atomic E-state index is 13.0. The summed E-state index contributed by atoms with van der Waals surface area (Å²) in [5.41, 5.74) is 2.82. The summed E-state index contributed by atoms with van der Waals surface area (Å²) in [6.07, 6.45) is 4.80. The molecule has 7 nitrogen and oxygen atoms in total. The van der Waals surface area contributed by atoms with E-state index in [9.17, 15) is 4.79 Å². The highest BCUT2D eigenvalue weighted by Gasteiger charge is 2.21. The predicted molar refractivity (Wildman–Crippen MR) is 119 cm³/mol. The van der Waals surface area contributed by atoms with Gasteiger partial charge in [0.2, 0.25) is 0 Å². The molecule has 0 bridgehead atoms. The van der Waals surface area contributed by atoms with Crippen molar-refractivity contribution in [1.82, 2.24) is 19.7 Å². The molecule has 0 spiro atoms. The first-order chi connectivity index (χ1) is 15.0. The van der Waals surface area contributed by atoms with Crippen molar-refractivity contribution in [2.75, 3.05) is 5.32 Å². The van der Waals surface area contributed by atoms with Crippen LogP contribution in [0, 0.1) is 0 Å². The fraction of sp³-hybridized carbons (Fsp3) is 0.130. The van der Waals surface area contributed by atoms with Crippen LogP contribution >= 0.6 is 11.6 Å². The number of hydrogen-bond acceptors (Lipinski definition) is 5. The maximum Gasteiger partial charge on any atom is 0.321 e. The third-order valence-electron chi connectivity index (χ3n) is 4.53. The molecule has 0 fully saturated rings. The van der Waals surface area contributed by atoms with Crippen LogP contribution in [0.5, 0.6) is 11.8 Å². The number of amides is 1. The van der Waals surface area contributed by atoms with Crippen molar-refractivity contribution in [3.8, 4) is 17.4 Å². The minimum atomic E-state index is -0.232. The van der Waals surface area contributed by atoms with Gasteiger partial charge in [0.1, 0.15) is 5.75 Å². The zero-order valence-electron chi connectivity index (χ0n) is 17.0. The van der Waals surface area contributed by atoms with Crippen molar-refractivity contribution in [2.24, 2.45) is 0 Å². The lowest BCUT2D eigenvalue weighted by molar-refractivity contribution is 0.102. The van der Waals surface area contributed by atoms with E-state index in [1.54, 1.807) is 65.7 Å². The first-order valence-corrected chi connectivity index (χ1v) is 10.1. The molecule has 4 aromatic rings. The van der Waals surface area contributed by atoms with Crippen LogP contribution in [0.2, 0.25) is 5.02 Å². The molecule has 0 aliphatic carbocycles. The number of benzene rings is 2. The van der Waals surface area contributed by atoms with E-state index in [2.05, 4.69) is 20.4 Å². The fourth-order valence-electron chi connectivity index (χ4n) is 3.12. The topological polar surface area (TPSA) is 81.9 Å². The zero-order valence-corrected chi connectivity index (χ0v) is 17.7. The summed E-state index contributed by atoms with van der Waals surface area (Å²) in [6, 6.07) is 16.3. The summed E-state index contributed by atoms with van der Waals surface area (Å²) >= 11 is 5.99. The molecule has 0 saturated carbocycles. The van der Waals surface area contributed by atoms with Gasteiger partial charge in [-0.2, -0.15) is 5.10 Å². The number of aromatic nitrogens is 4. The Morgan fingerprint density at radius 3 is 2.35 bits per heavy atom. The van der Waals surface area contributed by atoms with Crippen LogP contribution in [0.15, 0.2) is 73.2 Å². The molecule has 0 atom stereocenters. The number of carbonyl (C=O) groups excluding carboxylic acids is 1. The van der Waals surface area contributed by atoms with Crippen LogP contribution in [-0.2, 0) is 0 Å². The largest absolute Gasteiger partial charge is 0.424 e. The van der Waals surface area contributed by atoms with E-state index in [0.29, 0.717) is 22.0 Å². The number of rotatable bonds is 6. The number of hydrogen-bond donors (Lipinski definition) is 1. The van der Waals surface area contributed by atoms with Crippen molar-refractivity contribution in [3.05, 3.63) is 89.5 Å². The second kappa shape index (κ2) is 8.97. The lowest BCUT2D eigenvalue weighted by Gasteiger charge is -2.13. The van der Waals surface area contributed by atoms with Gasteiger partial charge in [-0.25, -0.2) is 14.6 Å². The van der Waals surface area contributed by atoms with Gasteiger partial charge in [-0.15, -0.1) is 0 Å². The van der Waals surface area contributed by atoms with Gasteiger partial charge in [-0.3, -0.25) is 4.79 Å². The Labute approximate surface area is 184 Å². The molecule has 2 aromatic carbocycles. The SMILES string of the molecule is CC(C)c1c(C(=O)Nc2ccc(Oc3ncccn3)cc2)cnn1-c1ccc(Cl)cc1. The van der Waals surface area contributed by atoms with E-state index in [-0.39, 0.29) is 17.8 Å². The molecule has 1 amide bonds. The van der Waals surface area contributed by atoms with Crippen LogP contribution in [0.1, 0.15) is 35.8 Å². The van der Waals surface area contributed by atoms with Gasteiger partial charge in [-0.05, 0) is 60.5 Å². The Kier molecular flexibility index (Phi) is 5.95. The van der Waals surface area contributed by atoms with E-state index in [1.807, 2.05) is 26.0 Å². The van der Waals surface area contributed by atoms with Crippen LogP contribution in [-0.4, -0.2) is 25.7 Å². The van der Waals surface area contributed by atoms with E-state index >= 15 is 0 Å². The lowest BCUT2D eigenvalue weighted by atomic mass is 10.0. The summed E-state index contributed by atoms with van der Waals surface area (Å²) in [4.78, 5) is 21.0. The number of ether oxygens (including phenoxy) is 1. The Bertz CT molecular complexity index is 1170.